The van der Waals surface area contributed by atoms with Gasteiger partial charge in [-0.15, -0.1) is 11.3 Å². The number of nitrogens with zero attached hydrogens (tertiary/aromatic N) is 1. The quantitative estimate of drug-likeness (QED) is 0.760. The van der Waals surface area contributed by atoms with E-state index in [2.05, 4.69) is 10.3 Å². The molecule has 0 aliphatic carbocycles. The normalized spacial score (nSPS) is 10.2. The molecule has 24 heavy (non-hydrogen) atoms. The standard InChI is InChI=1S/C18H16N2O3S/c1-22-13-8-9-14(16(10-13)23-2)17(21)20-18-19-15(11-24-18)12-6-4-3-5-7-12/h3-11H,1-2H3,(H,19,20,21). The lowest BCUT2D eigenvalue weighted by Crippen LogP contribution is -2.13. The minimum Gasteiger partial charge on any atom is -0.497 e. The lowest BCUT2D eigenvalue weighted by molar-refractivity contribution is 0.102. The smallest absolute Gasteiger partial charge is 0.261 e. The summed E-state index contributed by atoms with van der Waals surface area (Å²) in [5, 5.41) is 5.26. The van der Waals surface area contributed by atoms with Crippen LogP contribution in [0.4, 0.5) is 5.13 Å². The van der Waals surface area contributed by atoms with E-state index in [-0.39, 0.29) is 5.91 Å². The van der Waals surface area contributed by atoms with Crippen molar-refractivity contribution in [1.29, 1.82) is 0 Å². The number of nitrogens with one attached hydrogen (secondary N) is 1. The maximum atomic E-state index is 12.5. The zero-order valence-electron chi connectivity index (χ0n) is 13.3. The molecule has 3 aromatic rings. The Balaban J connectivity index is 1.79. The first-order chi connectivity index (χ1) is 11.7. The molecule has 0 aliphatic rings. The fraction of sp³-hybridized carbons (Fsp3) is 0.111. The Bertz CT molecular complexity index is 846. The zero-order valence-corrected chi connectivity index (χ0v) is 14.1. The van der Waals surface area contributed by atoms with E-state index in [1.54, 1.807) is 25.3 Å². The first-order valence-electron chi connectivity index (χ1n) is 7.25. The molecule has 2 aromatic carbocycles. The molecule has 5 nitrogen and oxygen atoms in total. The number of thiazole rings is 1. The largest absolute Gasteiger partial charge is 0.497 e. The molecule has 1 aromatic heterocycles. The number of benzene rings is 2. The van der Waals surface area contributed by atoms with Crippen LogP contribution in [0.1, 0.15) is 10.4 Å². The van der Waals surface area contributed by atoms with Crippen molar-refractivity contribution in [3.63, 3.8) is 0 Å². The second-order valence-corrected chi connectivity index (χ2v) is 5.78. The molecule has 3 rings (SSSR count). The Morgan fingerprint density at radius 3 is 2.58 bits per heavy atom. The Hall–Kier alpha value is -2.86. The fourth-order valence-corrected chi connectivity index (χ4v) is 2.94. The van der Waals surface area contributed by atoms with E-state index in [4.69, 9.17) is 9.47 Å². The summed E-state index contributed by atoms with van der Waals surface area (Å²) in [7, 11) is 3.08. The SMILES string of the molecule is COc1ccc(C(=O)Nc2nc(-c3ccccc3)cs2)c(OC)c1. The molecule has 1 amide bonds. The molecule has 0 saturated carbocycles. The molecule has 0 spiro atoms. The van der Waals surface area contributed by atoms with Gasteiger partial charge < -0.3 is 9.47 Å². The van der Waals surface area contributed by atoms with Crippen molar-refractivity contribution in [3.05, 3.63) is 59.5 Å². The number of hydrogen-bond donors (Lipinski definition) is 1. The second-order valence-electron chi connectivity index (χ2n) is 4.92. The molecule has 0 bridgehead atoms. The van der Waals surface area contributed by atoms with E-state index in [9.17, 15) is 4.79 Å². The number of rotatable bonds is 5. The van der Waals surface area contributed by atoms with Crippen LogP contribution in [0.25, 0.3) is 11.3 Å². The van der Waals surface area contributed by atoms with Crippen LogP contribution < -0.4 is 14.8 Å². The van der Waals surface area contributed by atoms with Gasteiger partial charge in [-0.3, -0.25) is 10.1 Å². The summed E-state index contributed by atoms with van der Waals surface area (Å²) in [6.07, 6.45) is 0. The monoisotopic (exact) mass is 340 g/mol. The predicted octanol–water partition coefficient (Wildman–Crippen LogP) is 4.08. The second kappa shape index (κ2) is 7.14. The maximum Gasteiger partial charge on any atom is 0.261 e. The van der Waals surface area contributed by atoms with E-state index in [1.807, 2.05) is 35.7 Å². The van der Waals surface area contributed by atoms with Gasteiger partial charge in [-0.25, -0.2) is 4.98 Å². The Kier molecular flexibility index (Phi) is 4.77. The van der Waals surface area contributed by atoms with Gasteiger partial charge in [0.25, 0.3) is 5.91 Å². The summed E-state index contributed by atoms with van der Waals surface area (Å²) < 4.78 is 10.4. The van der Waals surface area contributed by atoms with Gasteiger partial charge >= 0.3 is 0 Å². The summed E-state index contributed by atoms with van der Waals surface area (Å²) in [6.45, 7) is 0. The Morgan fingerprint density at radius 1 is 1.08 bits per heavy atom. The van der Waals surface area contributed by atoms with Gasteiger partial charge in [0, 0.05) is 17.0 Å². The Morgan fingerprint density at radius 2 is 1.88 bits per heavy atom. The molecule has 0 fully saturated rings. The number of methoxy groups -OCH3 is 2. The van der Waals surface area contributed by atoms with Crippen molar-refractivity contribution in [2.45, 2.75) is 0 Å². The average Bonchev–Trinajstić information content (AvgIpc) is 3.10. The third-order valence-corrected chi connectivity index (χ3v) is 4.21. The first-order valence-corrected chi connectivity index (χ1v) is 8.13. The molecular weight excluding hydrogens is 324 g/mol. The van der Waals surface area contributed by atoms with E-state index < -0.39 is 0 Å². The molecule has 0 unspecified atom stereocenters. The lowest BCUT2D eigenvalue weighted by atomic mass is 10.2. The summed E-state index contributed by atoms with van der Waals surface area (Å²) in [5.41, 5.74) is 2.27. The molecule has 0 saturated heterocycles. The van der Waals surface area contributed by atoms with Gasteiger partial charge in [0.1, 0.15) is 11.5 Å². The van der Waals surface area contributed by atoms with Gasteiger partial charge in [0.15, 0.2) is 5.13 Å². The highest BCUT2D eigenvalue weighted by Gasteiger charge is 2.15. The van der Waals surface area contributed by atoms with Crippen LogP contribution in [0.3, 0.4) is 0 Å². The predicted molar refractivity (Wildman–Crippen MR) is 95.0 cm³/mol. The van der Waals surface area contributed by atoms with Crippen molar-refractivity contribution in [2.24, 2.45) is 0 Å². The first kappa shape index (κ1) is 16.0. The highest BCUT2D eigenvalue weighted by Crippen LogP contribution is 2.28. The van der Waals surface area contributed by atoms with E-state index in [0.29, 0.717) is 22.2 Å². The summed E-state index contributed by atoms with van der Waals surface area (Å²) in [4.78, 5) is 16.9. The minimum atomic E-state index is -0.275. The van der Waals surface area contributed by atoms with Crippen molar-refractivity contribution in [1.82, 2.24) is 4.98 Å². The maximum absolute atomic E-state index is 12.5. The molecule has 6 heteroatoms. The van der Waals surface area contributed by atoms with Crippen LogP contribution in [0.15, 0.2) is 53.9 Å². The lowest BCUT2D eigenvalue weighted by Gasteiger charge is -2.09. The zero-order chi connectivity index (χ0) is 16.9. The number of carbonyl (C=O) groups is 1. The van der Waals surface area contributed by atoms with Gasteiger partial charge in [-0.05, 0) is 12.1 Å². The van der Waals surface area contributed by atoms with Crippen LogP contribution >= 0.6 is 11.3 Å². The average molecular weight is 340 g/mol. The van der Waals surface area contributed by atoms with Gasteiger partial charge in [0.05, 0.1) is 25.5 Å². The van der Waals surface area contributed by atoms with Crippen LogP contribution in [0.2, 0.25) is 0 Å². The van der Waals surface area contributed by atoms with Crippen LogP contribution in [0, 0.1) is 0 Å². The number of aromatic nitrogens is 1. The topological polar surface area (TPSA) is 60.5 Å². The molecule has 0 radical (unpaired) electrons. The highest BCUT2D eigenvalue weighted by molar-refractivity contribution is 7.14. The molecule has 0 atom stereocenters. The molecule has 1 N–H and O–H groups in total. The highest BCUT2D eigenvalue weighted by atomic mass is 32.1. The van der Waals surface area contributed by atoms with E-state index >= 15 is 0 Å². The third-order valence-electron chi connectivity index (χ3n) is 3.45. The van der Waals surface area contributed by atoms with Crippen molar-refractivity contribution in [3.8, 4) is 22.8 Å². The van der Waals surface area contributed by atoms with Crippen molar-refractivity contribution < 1.29 is 14.3 Å². The summed E-state index contributed by atoms with van der Waals surface area (Å²) in [5.74, 6) is 0.805. The van der Waals surface area contributed by atoms with Gasteiger partial charge in [0.2, 0.25) is 0 Å². The molecule has 0 aliphatic heterocycles. The van der Waals surface area contributed by atoms with Gasteiger partial charge in [-0.1, -0.05) is 30.3 Å². The fourth-order valence-electron chi connectivity index (χ4n) is 2.22. The van der Waals surface area contributed by atoms with Crippen LogP contribution in [0.5, 0.6) is 11.5 Å². The number of amides is 1. The molecule has 122 valence electrons. The van der Waals surface area contributed by atoms with Crippen LogP contribution in [-0.4, -0.2) is 25.1 Å². The number of ether oxygens (including phenoxy) is 2. The van der Waals surface area contributed by atoms with Gasteiger partial charge in [-0.2, -0.15) is 0 Å². The molecule has 1 heterocycles. The van der Waals surface area contributed by atoms with Crippen LogP contribution in [-0.2, 0) is 0 Å². The summed E-state index contributed by atoms with van der Waals surface area (Å²) in [6, 6.07) is 14.9. The number of carbonyl (C=O) groups excluding carboxylic acids is 1. The third kappa shape index (κ3) is 3.38. The van der Waals surface area contributed by atoms with E-state index in [1.165, 1.54) is 18.4 Å². The number of anilines is 1. The molecular formula is C18H16N2O3S. The number of hydrogen-bond acceptors (Lipinski definition) is 5. The van der Waals surface area contributed by atoms with Crippen molar-refractivity contribution in [2.75, 3.05) is 19.5 Å². The Labute approximate surface area is 143 Å². The van der Waals surface area contributed by atoms with Crippen molar-refractivity contribution >= 4 is 22.4 Å². The summed E-state index contributed by atoms with van der Waals surface area (Å²) >= 11 is 1.38. The minimum absolute atomic E-state index is 0.275. The van der Waals surface area contributed by atoms with E-state index in [0.717, 1.165) is 11.3 Å².